The van der Waals surface area contributed by atoms with E-state index >= 15 is 0 Å². The van der Waals surface area contributed by atoms with Gasteiger partial charge in [-0.1, -0.05) is 24.3 Å². The van der Waals surface area contributed by atoms with Crippen LogP contribution in [-0.4, -0.2) is 45.4 Å². The third kappa shape index (κ3) is 3.91. The standard InChI is InChI=1S/C23H25N3O4S/c1-30-20-9-4-7-17-8-5-13-26(22(17)20)23(27)18-11-14-25(15-12-18)31(28,29)21-10-3-2-6-19(21)16-24/h2-4,6-7,9-10,18H,5,8,11-15H2,1H3. The Hall–Kier alpha value is -2.89. The van der Waals surface area contributed by atoms with Crippen LogP contribution in [0.5, 0.6) is 5.75 Å². The number of aryl methyl sites for hydroxylation is 1. The fraction of sp³-hybridized carbons (Fsp3) is 0.391. The zero-order valence-corrected chi connectivity index (χ0v) is 18.3. The lowest BCUT2D eigenvalue weighted by Crippen LogP contribution is -2.46. The molecule has 0 bridgehead atoms. The molecule has 2 heterocycles. The van der Waals surface area contributed by atoms with Crippen molar-refractivity contribution in [2.75, 3.05) is 31.6 Å². The maximum atomic E-state index is 13.4. The number of sulfonamides is 1. The Labute approximate surface area is 182 Å². The second-order valence-corrected chi connectivity index (χ2v) is 9.75. The van der Waals surface area contributed by atoms with Gasteiger partial charge in [0.1, 0.15) is 11.8 Å². The van der Waals surface area contributed by atoms with Crippen LogP contribution in [0.4, 0.5) is 5.69 Å². The van der Waals surface area contributed by atoms with E-state index < -0.39 is 10.0 Å². The number of anilines is 1. The molecule has 162 valence electrons. The number of nitriles is 1. The number of amides is 1. The van der Waals surface area contributed by atoms with Crippen LogP contribution in [0.15, 0.2) is 47.4 Å². The summed E-state index contributed by atoms with van der Waals surface area (Å²) in [6.45, 7) is 1.15. The van der Waals surface area contributed by atoms with Crippen molar-refractivity contribution in [3.8, 4) is 11.8 Å². The number of para-hydroxylation sites is 1. The van der Waals surface area contributed by atoms with Crippen LogP contribution >= 0.6 is 0 Å². The van der Waals surface area contributed by atoms with E-state index in [1.807, 2.05) is 29.2 Å². The third-order valence-electron chi connectivity index (χ3n) is 6.09. The molecule has 2 aliphatic heterocycles. The maximum Gasteiger partial charge on any atom is 0.244 e. The Morgan fingerprint density at radius 1 is 1.10 bits per heavy atom. The van der Waals surface area contributed by atoms with Crippen molar-refractivity contribution in [1.82, 2.24) is 4.31 Å². The Morgan fingerprint density at radius 2 is 1.84 bits per heavy atom. The van der Waals surface area contributed by atoms with E-state index in [2.05, 4.69) is 0 Å². The van der Waals surface area contributed by atoms with Gasteiger partial charge >= 0.3 is 0 Å². The van der Waals surface area contributed by atoms with Gasteiger partial charge in [-0.25, -0.2) is 8.42 Å². The molecular formula is C23H25N3O4S. The topological polar surface area (TPSA) is 90.7 Å². The molecule has 2 aliphatic rings. The molecule has 0 radical (unpaired) electrons. The van der Waals surface area contributed by atoms with Gasteiger partial charge in [-0.3, -0.25) is 4.79 Å². The molecule has 1 fully saturated rings. The van der Waals surface area contributed by atoms with E-state index in [4.69, 9.17) is 4.74 Å². The average Bonchev–Trinajstić information content (AvgIpc) is 2.82. The van der Waals surface area contributed by atoms with E-state index in [1.165, 1.54) is 16.4 Å². The Kier molecular flexibility index (Phi) is 5.99. The van der Waals surface area contributed by atoms with Gasteiger partial charge in [0.15, 0.2) is 0 Å². The van der Waals surface area contributed by atoms with Gasteiger partial charge in [0.25, 0.3) is 0 Å². The first-order valence-electron chi connectivity index (χ1n) is 10.4. The second-order valence-electron chi connectivity index (χ2n) is 7.85. The molecule has 0 aliphatic carbocycles. The Morgan fingerprint density at radius 3 is 2.55 bits per heavy atom. The normalized spacial score (nSPS) is 17.6. The number of carbonyl (C=O) groups is 1. The van der Waals surface area contributed by atoms with Crippen LogP contribution in [0.25, 0.3) is 0 Å². The first-order chi connectivity index (χ1) is 15.0. The molecule has 31 heavy (non-hydrogen) atoms. The summed E-state index contributed by atoms with van der Waals surface area (Å²) < 4.78 is 33.0. The lowest BCUT2D eigenvalue weighted by atomic mass is 9.93. The second kappa shape index (κ2) is 8.69. The van der Waals surface area contributed by atoms with Gasteiger partial charge in [0.05, 0.1) is 23.3 Å². The van der Waals surface area contributed by atoms with Crippen LogP contribution < -0.4 is 9.64 Å². The van der Waals surface area contributed by atoms with Gasteiger partial charge < -0.3 is 9.64 Å². The van der Waals surface area contributed by atoms with Crippen LogP contribution in [0.3, 0.4) is 0 Å². The van der Waals surface area contributed by atoms with Gasteiger partial charge in [0.2, 0.25) is 15.9 Å². The first kappa shape index (κ1) is 21.3. The van der Waals surface area contributed by atoms with Crippen LogP contribution in [0.1, 0.15) is 30.4 Å². The molecule has 4 rings (SSSR count). The molecule has 0 atom stereocenters. The number of hydrogen-bond acceptors (Lipinski definition) is 5. The molecular weight excluding hydrogens is 414 g/mol. The highest BCUT2D eigenvalue weighted by Crippen LogP contribution is 2.38. The fourth-order valence-corrected chi connectivity index (χ4v) is 6.10. The summed E-state index contributed by atoms with van der Waals surface area (Å²) in [5.41, 5.74) is 2.09. The largest absolute Gasteiger partial charge is 0.495 e. The van der Waals surface area contributed by atoms with E-state index in [0.29, 0.717) is 25.1 Å². The van der Waals surface area contributed by atoms with Crippen molar-refractivity contribution in [2.45, 2.75) is 30.6 Å². The molecule has 2 aromatic rings. The van der Waals surface area contributed by atoms with Crippen molar-refractivity contribution < 1.29 is 17.9 Å². The van der Waals surface area contributed by atoms with E-state index in [1.54, 1.807) is 19.2 Å². The number of carbonyl (C=O) groups excluding carboxylic acids is 1. The van der Waals surface area contributed by atoms with Crippen molar-refractivity contribution >= 4 is 21.6 Å². The number of hydrogen-bond donors (Lipinski definition) is 0. The van der Waals surface area contributed by atoms with Crippen LogP contribution in [0.2, 0.25) is 0 Å². The molecule has 0 spiro atoms. The minimum Gasteiger partial charge on any atom is -0.495 e. The number of fused-ring (bicyclic) bond motifs is 1. The maximum absolute atomic E-state index is 13.4. The lowest BCUT2D eigenvalue weighted by Gasteiger charge is -2.36. The number of piperidine rings is 1. The highest BCUT2D eigenvalue weighted by atomic mass is 32.2. The van der Waals surface area contributed by atoms with Crippen molar-refractivity contribution in [2.24, 2.45) is 5.92 Å². The van der Waals surface area contributed by atoms with Gasteiger partial charge in [0, 0.05) is 25.6 Å². The van der Waals surface area contributed by atoms with Crippen LogP contribution in [-0.2, 0) is 21.2 Å². The summed E-state index contributed by atoms with van der Waals surface area (Å²) in [5.74, 6) is 0.479. The summed E-state index contributed by atoms with van der Waals surface area (Å²) in [6, 6.07) is 14.0. The number of methoxy groups -OCH3 is 1. The van der Waals surface area contributed by atoms with E-state index in [9.17, 15) is 18.5 Å². The molecule has 0 saturated carbocycles. The molecule has 0 aromatic heterocycles. The molecule has 2 aromatic carbocycles. The summed E-state index contributed by atoms with van der Waals surface area (Å²) in [5, 5.41) is 9.27. The van der Waals surface area contributed by atoms with E-state index in [0.717, 1.165) is 24.1 Å². The highest BCUT2D eigenvalue weighted by Gasteiger charge is 2.36. The summed E-state index contributed by atoms with van der Waals surface area (Å²) in [4.78, 5) is 15.2. The number of benzene rings is 2. The average molecular weight is 440 g/mol. The molecule has 1 saturated heterocycles. The molecule has 0 unspecified atom stereocenters. The van der Waals surface area contributed by atoms with E-state index in [-0.39, 0.29) is 35.4 Å². The Balaban J connectivity index is 1.50. The summed E-state index contributed by atoms with van der Waals surface area (Å²) in [6.07, 6.45) is 2.71. The molecule has 0 N–H and O–H groups in total. The smallest absolute Gasteiger partial charge is 0.244 e. The van der Waals surface area contributed by atoms with Crippen molar-refractivity contribution in [3.05, 3.63) is 53.6 Å². The zero-order chi connectivity index (χ0) is 22.0. The Bertz CT molecular complexity index is 1120. The molecule has 8 heteroatoms. The number of ether oxygens (including phenoxy) is 1. The predicted octanol–water partition coefficient (Wildman–Crippen LogP) is 2.95. The monoisotopic (exact) mass is 439 g/mol. The summed E-state index contributed by atoms with van der Waals surface area (Å²) >= 11 is 0. The first-order valence-corrected chi connectivity index (χ1v) is 11.9. The summed E-state index contributed by atoms with van der Waals surface area (Å²) in [7, 11) is -2.17. The van der Waals surface area contributed by atoms with Crippen LogP contribution in [0, 0.1) is 17.2 Å². The number of rotatable bonds is 4. The zero-order valence-electron chi connectivity index (χ0n) is 17.5. The minimum atomic E-state index is -3.77. The fourth-order valence-electron chi connectivity index (χ4n) is 4.49. The highest BCUT2D eigenvalue weighted by molar-refractivity contribution is 7.89. The predicted molar refractivity (Wildman–Crippen MR) is 116 cm³/mol. The van der Waals surface area contributed by atoms with Gasteiger partial charge in [-0.2, -0.15) is 9.57 Å². The quantitative estimate of drug-likeness (QED) is 0.731. The van der Waals surface area contributed by atoms with Gasteiger partial charge in [-0.15, -0.1) is 0 Å². The third-order valence-corrected chi connectivity index (χ3v) is 8.05. The van der Waals surface area contributed by atoms with Crippen molar-refractivity contribution in [3.63, 3.8) is 0 Å². The molecule has 1 amide bonds. The number of nitrogens with zero attached hydrogens (tertiary/aromatic N) is 3. The lowest BCUT2D eigenvalue weighted by molar-refractivity contribution is -0.123. The molecule has 7 nitrogen and oxygen atoms in total. The van der Waals surface area contributed by atoms with Crippen molar-refractivity contribution in [1.29, 1.82) is 5.26 Å². The minimum absolute atomic E-state index is 0.0250. The SMILES string of the molecule is COc1cccc2c1N(C(=O)C1CCN(S(=O)(=O)c3ccccc3C#N)CC1)CCC2. The van der Waals surface area contributed by atoms with Gasteiger partial charge in [-0.05, 0) is 49.4 Å².